The van der Waals surface area contributed by atoms with E-state index in [2.05, 4.69) is 59.5 Å². The minimum Gasteiger partial charge on any atom is -0.367 e. The molecule has 0 aliphatic carbocycles. The highest BCUT2D eigenvalue weighted by Gasteiger charge is 2.16. The van der Waals surface area contributed by atoms with Crippen LogP contribution >= 0.6 is 23.5 Å². The van der Waals surface area contributed by atoms with Crippen molar-refractivity contribution in [2.75, 3.05) is 50.3 Å². The molecule has 2 aromatic heterocycles. The highest BCUT2D eigenvalue weighted by Crippen LogP contribution is 2.26. The van der Waals surface area contributed by atoms with Crippen molar-refractivity contribution >= 4 is 29.4 Å². The van der Waals surface area contributed by atoms with Gasteiger partial charge in [0.2, 0.25) is 0 Å². The van der Waals surface area contributed by atoms with Crippen molar-refractivity contribution in [1.82, 2.24) is 29.9 Å². The number of halogens is 1. The maximum atomic E-state index is 6.55. The van der Waals surface area contributed by atoms with Crippen molar-refractivity contribution in [3.63, 3.8) is 0 Å². The van der Waals surface area contributed by atoms with Gasteiger partial charge in [-0.2, -0.15) is 0 Å². The highest BCUT2D eigenvalue weighted by molar-refractivity contribution is 7.97. The Balaban J connectivity index is 1.41. The third-order valence-electron chi connectivity index (χ3n) is 5.53. The molecule has 7 nitrogen and oxygen atoms in total. The number of anilines is 1. The molecule has 1 atom stereocenters. The van der Waals surface area contributed by atoms with Crippen molar-refractivity contribution < 1.29 is 0 Å². The number of hydrogen-bond acceptors (Lipinski definition) is 8. The van der Waals surface area contributed by atoms with Crippen molar-refractivity contribution in [2.24, 2.45) is 0 Å². The SMILES string of the molecule is Cc1nc(-c2ccccn2)nc(NCC(NSCCN2CCNCC2)c2ccccc2)c1Cl. The van der Waals surface area contributed by atoms with Crippen LogP contribution in [-0.4, -0.2) is 64.9 Å². The van der Waals surface area contributed by atoms with Crippen LogP contribution in [0.3, 0.4) is 0 Å². The van der Waals surface area contributed by atoms with Crippen LogP contribution in [0.4, 0.5) is 5.82 Å². The van der Waals surface area contributed by atoms with Crippen molar-refractivity contribution in [2.45, 2.75) is 13.0 Å². The number of benzene rings is 1. The molecule has 1 saturated heterocycles. The molecule has 3 heterocycles. The maximum Gasteiger partial charge on any atom is 0.180 e. The summed E-state index contributed by atoms with van der Waals surface area (Å²) in [5, 5.41) is 7.39. The van der Waals surface area contributed by atoms with E-state index in [1.807, 2.05) is 31.2 Å². The summed E-state index contributed by atoms with van der Waals surface area (Å²) in [6.07, 6.45) is 1.74. The molecule has 0 saturated carbocycles. The first-order chi connectivity index (χ1) is 16.2. The van der Waals surface area contributed by atoms with E-state index >= 15 is 0 Å². The van der Waals surface area contributed by atoms with Crippen LogP contribution in [-0.2, 0) is 0 Å². The van der Waals surface area contributed by atoms with Crippen molar-refractivity contribution in [3.05, 3.63) is 71.0 Å². The lowest BCUT2D eigenvalue weighted by atomic mass is 10.1. The second kappa shape index (κ2) is 12.3. The zero-order valence-electron chi connectivity index (χ0n) is 18.8. The summed E-state index contributed by atoms with van der Waals surface area (Å²) in [5.41, 5.74) is 2.66. The summed E-state index contributed by atoms with van der Waals surface area (Å²) in [6.45, 7) is 8.01. The van der Waals surface area contributed by atoms with Gasteiger partial charge in [0.25, 0.3) is 0 Å². The lowest BCUT2D eigenvalue weighted by molar-refractivity contribution is 0.255. The van der Waals surface area contributed by atoms with Crippen LogP contribution in [0.25, 0.3) is 11.5 Å². The molecular weight excluding hydrogens is 454 g/mol. The third-order valence-corrected chi connectivity index (χ3v) is 6.82. The molecule has 0 radical (unpaired) electrons. The Labute approximate surface area is 204 Å². The van der Waals surface area contributed by atoms with Gasteiger partial charge in [-0.05, 0) is 24.6 Å². The van der Waals surface area contributed by atoms with Crippen LogP contribution in [0.1, 0.15) is 17.3 Å². The predicted molar refractivity (Wildman–Crippen MR) is 138 cm³/mol. The van der Waals surface area contributed by atoms with E-state index in [1.165, 1.54) is 5.56 Å². The van der Waals surface area contributed by atoms with Gasteiger partial charge in [0.05, 0.1) is 11.7 Å². The zero-order valence-corrected chi connectivity index (χ0v) is 20.4. The van der Waals surface area contributed by atoms with E-state index in [1.54, 1.807) is 18.1 Å². The summed E-state index contributed by atoms with van der Waals surface area (Å²) in [6, 6.07) is 16.3. The first-order valence-corrected chi connectivity index (χ1v) is 12.6. The standard InChI is InChI=1S/C24H30ClN7S/c1-18-22(25)24(30-23(29-18)20-9-5-6-10-27-20)28-17-21(19-7-3-2-4-8-19)31-33-16-15-32-13-11-26-12-14-32/h2-10,21,26,31H,11-17H2,1H3,(H,28,29,30). The molecule has 174 valence electrons. The van der Waals surface area contributed by atoms with E-state index in [-0.39, 0.29) is 6.04 Å². The largest absolute Gasteiger partial charge is 0.367 e. The molecule has 0 amide bonds. The number of aryl methyl sites for hydroxylation is 1. The molecule has 3 N–H and O–H groups in total. The molecule has 1 aliphatic rings. The molecule has 0 bridgehead atoms. The second-order valence-electron chi connectivity index (χ2n) is 7.91. The van der Waals surface area contributed by atoms with Gasteiger partial charge in [-0.3, -0.25) is 14.6 Å². The molecule has 4 rings (SSSR count). The average molecular weight is 484 g/mol. The first kappa shape index (κ1) is 23.9. The average Bonchev–Trinajstić information content (AvgIpc) is 2.87. The fourth-order valence-corrected chi connectivity index (χ4v) is 4.71. The summed E-state index contributed by atoms with van der Waals surface area (Å²) in [5.74, 6) is 2.22. The van der Waals surface area contributed by atoms with E-state index in [0.717, 1.165) is 49.9 Å². The lowest BCUT2D eigenvalue weighted by Crippen LogP contribution is -2.44. The van der Waals surface area contributed by atoms with Gasteiger partial charge in [-0.1, -0.05) is 59.9 Å². The van der Waals surface area contributed by atoms with Gasteiger partial charge in [-0.25, -0.2) is 9.97 Å². The summed E-state index contributed by atoms with van der Waals surface area (Å²) in [4.78, 5) is 16.1. The third kappa shape index (κ3) is 6.88. The molecular formula is C24H30ClN7S. The van der Waals surface area contributed by atoms with Crippen LogP contribution in [0.5, 0.6) is 0 Å². The monoisotopic (exact) mass is 483 g/mol. The Kier molecular flexibility index (Phi) is 8.91. The van der Waals surface area contributed by atoms with E-state index in [9.17, 15) is 0 Å². The normalized spacial score (nSPS) is 15.3. The minimum atomic E-state index is 0.101. The highest BCUT2D eigenvalue weighted by atomic mass is 35.5. The fourth-order valence-electron chi connectivity index (χ4n) is 3.67. The number of hydrogen-bond donors (Lipinski definition) is 3. The van der Waals surface area contributed by atoms with E-state index < -0.39 is 0 Å². The number of pyridine rings is 1. The van der Waals surface area contributed by atoms with E-state index in [0.29, 0.717) is 23.2 Å². The zero-order chi connectivity index (χ0) is 22.9. The van der Waals surface area contributed by atoms with Crippen LogP contribution in [0, 0.1) is 6.92 Å². The molecule has 3 aromatic rings. The summed E-state index contributed by atoms with van der Waals surface area (Å²) in [7, 11) is 0. The van der Waals surface area contributed by atoms with Crippen LogP contribution < -0.4 is 15.4 Å². The van der Waals surface area contributed by atoms with Gasteiger partial charge < -0.3 is 10.6 Å². The molecule has 1 fully saturated rings. The second-order valence-corrected chi connectivity index (χ2v) is 9.22. The van der Waals surface area contributed by atoms with Gasteiger partial charge in [0, 0.05) is 51.2 Å². The van der Waals surface area contributed by atoms with Gasteiger partial charge in [0.1, 0.15) is 16.5 Å². The number of rotatable bonds is 10. The van der Waals surface area contributed by atoms with Crippen LogP contribution in [0.2, 0.25) is 5.02 Å². The van der Waals surface area contributed by atoms with Crippen LogP contribution in [0.15, 0.2) is 54.7 Å². The predicted octanol–water partition coefficient (Wildman–Crippen LogP) is 3.80. The Bertz CT molecular complexity index is 1000. The Hall–Kier alpha value is -2.23. The Morgan fingerprint density at radius 1 is 1.09 bits per heavy atom. The fraction of sp³-hybridized carbons (Fsp3) is 0.375. The number of nitrogens with one attached hydrogen (secondary N) is 3. The number of aromatic nitrogens is 3. The number of nitrogens with zero attached hydrogens (tertiary/aromatic N) is 4. The van der Waals surface area contributed by atoms with E-state index in [4.69, 9.17) is 11.6 Å². The molecule has 1 aliphatic heterocycles. The molecule has 33 heavy (non-hydrogen) atoms. The van der Waals surface area contributed by atoms with Gasteiger partial charge in [0.15, 0.2) is 5.82 Å². The lowest BCUT2D eigenvalue weighted by Gasteiger charge is -2.27. The quantitative estimate of drug-likeness (QED) is 0.297. The Morgan fingerprint density at radius 2 is 1.88 bits per heavy atom. The smallest absolute Gasteiger partial charge is 0.180 e. The first-order valence-electron chi connectivity index (χ1n) is 11.3. The Morgan fingerprint density at radius 3 is 2.64 bits per heavy atom. The van der Waals surface area contributed by atoms with Crippen molar-refractivity contribution in [3.8, 4) is 11.5 Å². The summed E-state index contributed by atoms with van der Waals surface area (Å²) >= 11 is 8.32. The minimum absolute atomic E-state index is 0.101. The molecule has 9 heteroatoms. The maximum absolute atomic E-state index is 6.55. The molecule has 1 unspecified atom stereocenters. The summed E-state index contributed by atoms with van der Waals surface area (Å²) < 4.78 is 3.64. The number of piperazine rings is 1. The van der Waals surface area contributed by atoms with Gasteiger partial charge >= 0.3 is 0 Å². The molecule has 0 spiro atoms. The van der Waals surface area contributed by atoms with Gasteiger partial charge in [-0.15, -0.1) is 0 Å². The molecule has 1 aromatic carbocycles. The van der Waals surface area contributed by atoms with Crippen molar-refractivity contribution in [1.29, 1.82) is 0 Å². The topological polar surface area (TPSA) is 78.0 Å².